The van der Waals surface area contributed by atoms with E-state index in [1.165, 1.54) is 0 Å². The van der Waals surface area contributed by atoms with Crippen LogP contribution < -0.4 is 9.64 Å². The van der Waals surface area contributed by atoms with E-state index in [1.54, 1.807) is 24.3 Å². The first kappa shape index (κ1) is 22.2. The highest BCUT2D eigenvalue weighted by molar-refractivity contribution is 5.96. The third-order valence-corrected chi connectivity index (χ3v) is 5.29. The molecule has 0 fully saturated rings. The summed E-state index contributed by atoms with van der Waals surface area (Å²) in [6.45, 7) is 4.49. The number of carbonyl (C=O) groups excluding carboxylic acids is 2. The van der Waals surface area contributed by atoms with E-state index in [1.807, 2.05) is 68.4 Å². The van der Waals surface area contributed by atoms with Crippen LogP contribution in [0.1, 0.15) is 42.6 Å². The number of hydrogen-bond acceptors (Lipinski definition) is 4. The standard InChI is InChI=1S/C26H28N2O3/c1-4-26(30)28(5-2)23-14-12-21(13-15-23)20-8-10-22(11-9-20)24(29)16-6-19-7-17-25(31-3)27-18-19/h7-15,17-18H,4-6,16H2,1-3H3. The summed E-state index contributed by atoms with van der Waals surface area (Å²) in [4.78, 5) is 30.6. The lowest BCUT2D eigenvalue weighted by Crippen LogP contribution is -2.29. The highest BCUT2D eigenvalue weighted by atomic mass is 16.5. The topological polar surface area (TPSA) is 59.5 Å². The fourth-order valence-corrected chi connectivity index (χ4v) is 3.46. The van der Waals surface area contributed by atoms with Crippen LogP contribution in [0.5, 0.6) is 5.88 Å². The molecule has 3 rings (SSSR count). The molecule has 2 aromatic carbocycles. The molecule has 0 saturated heterocycles. The van der Waals surface area contributed by atoms with Crippen LogP contribution in [0, 0.1) is 0 Å². The van der Waals surface area contributed by atoms with E-state index >= 15 is 0 Å². The number of pyridine rings is 1. The van der Waals surface area contributed by atoms with Crippen molar-refractivity contribution in [3.63, 3.8) is 0 Å². The molecule has 0 atom stereocenters. The van der Waals surface area contributed by atoms with Crippen molar-refractivity contribution in [1.29, 1.82) is 0 Å². The Hall–Kier alpha value is -3.47. The normalized spacial score (nSPS) is 10.5. The molecule has 1 heterocycles. The number of anilines is 1. The monoisotopic (exact) mass is 416 g/mol. The van der Waals surface area contributed by atoms with Gasteiger partial charge < -0.3 is 9.64 Å². The summed E-state index contributed by atoms with van der Waals surface area (Å²) < 4.78 is 5.06. The van der Waals surface area contributed by atoms with Crippen molar-refractivity contribution >= 4 is 17.4 Å². The van der Waals surface area contributed by atoms with Gasteiger partial charge in [0.1, 0.15) is 0 Å². The van der Waals surface area contributed by atoms with Gasteiger partial charge in [0.2, 0.25) is 11.8 Å². The number of Topliss-reactive ketones (excluding diaryl/α,β-unsaturated/α-hetero) is 1. The number of nitrogens with zero attached hydrogens (tertiary/aromatic N) is 2. The maximum absolute atomic E-state index is 12.6. The van der Waals surface area contributed by atoms with Gasteiger partial charge in [0.15, 0.2) is 5.78 Å². The summed E-state index contributed by atoms with van der Waals surface area (Å²) in [5, 5.41) is 0. The summed E-state index contributed by atoms with van der Waals surface area (Å²) in [6.07, 6.45) is 3.30. The van der Waals surface area contributed by atoms with Gasteiger partial charge in [0, 0.05) is 42.9 Å². The van der Waals surface area contributed by atoms with Crippen molar-refractivity contribution in [2.45, 2.75) is 33.1 Å². The van der Waals surface area contributed by atoms with Crippen LogP contribution in [0.15, 0.2) is 66.9 Å². The average molecular weight is 417 g/mol. The van der Waals surface area contributed by atoms with Crippen LogP contribution >= 0.6 is 0 Å². The number of ether oxygens (including phenoxy) is 1. The second kappa shape index (κ2) is 10.5. The van der Waals surface area contributed by atoms with Crippen molar-refractivity contribution in [3.8, 4) is 17.0 Å². The van der Waals surface area contributed by atoms with Crippen LogP contribution in [0.4, 0.5) is 5.69 Å². The number of rotatable bonds is 9. The van der Waals surface area contributed by atoms with Gasteiger partial charge in [-0.05, 0) is 42.2 Å². The minimum Gasteiger partial charge on any atom is -0.481 e. The van der Waals surface area contributed by atoms with E-state index in [-0.39, 0.29) is 11.7 Å². The minimum absolute atomic E-state index is 0.106. The van der Waals surface area contributed by atoms with Gasteiger partial charge in [-0.25, -0.2) is 4.98 Å². The molecular weight excluding hydrogens is 388 g/mol. The van der Waals surface area contributed by atoms with Gasteiger partial charge in [-0.1, -0.05) is 49.4 Å². The first-order valence-corrected chi connectivity index (χ1v) is 10.6. The lowest BCUT2D eigenvalue weighted by molar-refractivity contribution is -0.118. The molecule has 0 bridgehead atoms. The van der Waals surface area contributed by atoms with E-state index in [0.717, 1.165) is 22.4 Å². The Morgan fingerprint density at radius 3 is 2.06 bits per heavy atom. The van der Waals surface area contributed by atoms with Crippen molar-refractivity contribution < 1.29 is 14.3 Å². The van der Waals surface area contributed by atoms with E-state index in [9.17, 15) is 9.59 Å². The summed E-state index contributed by atoms with van der Waals surface area (Å²) in [5.41, 5.74) is 4.69. The molecule has 0 saturated carbocycles. The first-order valence-electron chi connectivity index (χ1n) is 10.6. The van der Waals surface area contributed by atoms with Gasteiger partial charge in [0.05, 0.1) is 7.11 Å². The van der Waals surface area contributed by atoms with E-state index in [4.69, 9.17) is 4.74 Å². The number of ketones is 1. The predicted molar refractivity (Wildman–Crippen MR) is 124 cm³/mol. The Labute approximate surface area is 183 Å². The van der Waals surface area contributed by atoms with Crippen LogP contribution in [0.2, 0.25) is 0 Å². The van der Waals surface area contributed by atoms with Crippen LogP contribution in [0.25, 0.3) is 11.1 Å². The van der Waals surface area contributed by atoms with Crippen LogP contribution in [-0.2, 0) is 11.2 Å². The highest BCUT2D eigenvalue weighted by Gasteiger charge is 2.12. The minimum atomic E-state index is 0.106. The fraction of sp³-hybridized carbons (Fsp3) is 0.269. The Morgan fingerprint density at radius 1 is 0.903 bits per heavy atom. The predicted octanol–water partition coefficient (Wildman–Crippen LogP) is 5.34. The molecule has 31 heavy (non-hydrogen) atoms. The van der Waals surface area contributed by atoms with Gasteiger partial charge in [-0.2, -0.15) is 0 Å². The van der Waals surface area contributed by atoms with Crippen molar-refractivity contribution in [1.82, 2.24) is 4.98 Å². The third-order valence-electron chi connectivity index (χ3n) is 5.29. The fourth-order valence-electron chi connectivity index (χ4n) is 3.46. The smallest absolute Gasteiger partial charge is 0.226 e. The second-order valence-electron chi connectivity index (χ2n) is 7.25. The molecule has 160 valence electrons. The largest absolute Gasteiger partial charge is 0.481 e. The average Bonchev–Trinajstić information content (AvgIpc) is 2.83. The van der Waals surface area contributed by atoms with E-state index < -0.39 is 0 Å². The molecule has 5 nitrogen and oxygen atoms in total. The van der Waals surface area contributed by atoms with Crippen molar-refractivity contribution in [2.75, 3.05) is 18.6 Å². The molecule has 1 amide bonds. The molecule has 0 unspecified atom stereocenters. The summed E-state index contributed by atoms with van der Waals surface area (Å²) >= 11 is 0. The SMILES string of the molecule is CCC(=O)N(CC)c1ccc(-c2ccc(C(=O)CCc3ccc(OC)nc3)cc2)cc1. The highest BCUT2D eigenvalue weighted by Crippen LogP contribution is 2.24. The van der Waals surface area contributed by atoms with Gasteiger partial charge in [0.25, 0.3) is 0 Å². The maximum Gasteiger partial charge on any atom is 0.226 e. The lowest BCUT2D eigenvalue weighted by atomic mass is 9.99. The molecule has 5 heteroatoms. The number of amides is 1. The molecule has 3 aromatic rings. The summed E-state index contributed by atoms with van der Waals surface area (Å²) in [5.74, 6) is 0.788. The van der Waals surface area contributed by atoms with Crippen LogP contribution in [0.3, 0.4) is 0 Å². The zero-order valence-corrected chi connectivity index (χ0v) is 18.3. The van der Waals surface area contributed by atoms with Crippen molar-refractivity contribution in [3.05, 3.63) is 78.0 Å². The number of methoxy groups -OCH3 is 1. The maximum atomic E-state index is 12.6. The molecule has 0 aliphatic heterocycles. The lowest BCUT2D eigenvalue weighted by Gasteiger charge is -2.20. The summed E-state index contributed by atoms with van der Waals surface area (Å²) in [6, 6.07) is 19.4. The van der Waals surface area contributed by atoms with E-state index in [2.05, 4.69) is 4.98 Å². The number of hydrogen-bond donors (Lipinski definition) is 0. The third kappa shape index (κ3) is 5.57. The zero-order valence-electron chi connectivity index (χ0n) is 18.3. The van der Waals surface area contributed by atoms with Crippen LogP contribution in [-0.4, -0.2) is 30.3 Å². The van der Waals surface area contributed by atoms with Gasteiger partial charge >= 0.3 is 0 Å². The molecule has 0 spiro atoms. The number of benzene rings is 2. The van der Waals surface area contributed by atoms with Crippen molar-refractivity contribution in [2.24, 2.45) is 0 Å². The van der Waals surface area contributed by atoms with E-state index in [0.29, 0.717) is 37.3 Å². The second-order valence-corrected chi connectivity index (χ2v) is 7.25. The molecule has 0 aliphatic carbocycles. The molecule has 1 aromatic heterocycles. The summed E-state index contributed by atoms with van der Waals surface area (Å²) in [7, 11) is 1.58. The van der Waals surface area contributed by atoms with Gasteiger partial charge in [-0.15, -0.1) is 0 Å². The molecule has 0 aliphatic rings. The number of aromatic nitrogens is 1. The number of carbonyl (C=O) groups is 2. The Bertz CT molecular complexity index is 1010. The Balaban J connectivity index is 1.63. The molecule has 0 radical (unpaired) electrons. The Morgan fingerprint density at radius 2 is 1.55 bits per heavy atom. The zero-order chi connectivity index (χ0) is 22.2. The first-order chi connectivity index (χ1) is 15.0. The molecule has 0 N–H and O–H groups in total. The number of aryl methyl sites for hydroxylation is 1. The quantitative estimate of drug-likeness (QED) is 0.442. The van der Waals surface area contributed by atoms with Gasteiger partial charge in [-0.3, -0.25) is 9.59 Å². The Kier molecular flexibility index (Phi) is 7.55. The molecular formula is C26H28N2O3.